The molecule has 0 fully saturated rings. The van der Waals surface area contributed by atoms with Crippen LogP contribution in [0, 0.1) is 0 Å². The number of nitrogens with zero attached hydrogens (tertiary/aromatic N) is 4. The van der Waals surface area contributed by atoms with Crippen LogP contribution in [-0.2, 0) is 0 Å². The minimum atomic E-state index is 0.651. The summed E-state index contributed by atoms with van der Waals surface area (Å²) in [7, 11) is 0. The van der Waals surface area contributed by atoms with Crippen LogP contribution in [0.25, 0.3) is 95.1 Å². The largest absolute Gasteiger partial charge is 0.309 e. The van der Waals surface area contributed by atoms with Crippen molar-refractivity contribution in [2.24, 2.45) is 0 Å². The van der Waals surface area contributed by atoms with Gasteiger partial charge in [0, 0.05) is 44.5 Å². The summed E-state index contributed by atoms with van der Waals surface area (Å²) >= 11 is 0. The summed E-state index contributed by atoms with van der Waals surface area (Å²) in [6, 6.07) is 86.3. The Labute approximate surface area is 372 Å². The molecular weight excluding hydrogens is 777 g/mol. The smallest absolute Gasteiger partial charge is 0.162 e. The van der Waals surface area contributed by atoms with E-state index in [1.807, 2.05) is 0 Å². The number of rotatable bonds is 7. The van der Waals surface area contributed by atoms with Crippen molar-refractivity contribution in [3.63, 3.8) is 0 Å². The third kappa shape index (κ3) is 6.40. The van der Waals surface area contributed by atoms with E-state index in [9.17, 15) is 0 Å². The van der Waals surface area contributed by atoms with Crippen molar-refractivity contribution in [2.45, 2.75) is 0 Å². The van der Waals surface area contributed by atoms with Crippen molar-refractivity contribution in [2.75, 3.05) is 4.90 Å². The van der Waals surface area contributed by atoms with Gasteiger partial charge in [0.25, 0.3) is 0 Å². The molecule has 4 nitrogen and oxygen atoms in total. The van der Waals surface area contributed by atoms with E-state index in [1.165, 1.54) is 27.6 Å². The average molecular weight is 817 g/mol. The van der Waals surface area contributed by atoms with E-state index in [0.717, 1.165) is 78.8 Å². The first-order valence-corrected chi connectivity index (χ1v) is 21.7. The highest BCUT2D eigenvalue weighted by molar-refractivity contribution is 6.13. The molecule has 300 valence electrons. The van der Waals surface area contributed by atoms with Crippen LogP contribution in [0.4, 0.5) is 17.1 Å². The summed E-state index contributed by atoms with van der Waals surface area (Å²) in [4.78, 5) is 13.3. The minimum Gasteiger partial charge on any atom is -0.309 e. The molecule has 0 aliphatic carbocycles. The van der Waals surface area contributed by atoms with Crippen LogP contribution in [-0.4, -0.2) is 14.5 Å². The molecular formula is C60H40N4. The molecule has 12 rings (SSSR count). The first-order chi connectivity index (χ1) is 31.8. The summed E-state index contributed by atoms with van der Waals surface area (Å²) in [5.74, 6) is 0.651. The highest BCUT2D eigenvalue weighted by atomic mass is 15.2. The lowest BCUT2D eigenvalue weighted by Crippen LogP contribution is -2.13. The van der Waals surface area contributed by atoms with Gasteiger partial charge in [-0.25, -0.2) is 9.97 Å². The summed E-state index contributed by atoms with van der Waals surface area (Å²) < 4.78 is 2.43. The number of hydrogen-bond donors (Lipinski definition) is 0. The van der Waals surface area contributed by atoms with Gasteiger partial charge >= 0.3 is 0 Å². The van der Waals surface area contributed by atoms with Crippen molar-refractivity contribution >= 4 is 28.0 Å². The third-order valence-electron chi connectivity index (χ3n) is 12.4. The number of anilines is 3. The Bertz CT molecular complexity index is 3360. The van der Waals surface area contributed by atoms with E-state index < -0.39 is 0 Å². The molecule has 11 aromatic rings. The molecule has 0 N–H and O–H groups in total. The van der Waals surface area contributed by atoms with E-state index in [-0.39, 0.29) is 0 Å². The third-order valence-corrected chi connectivity index (χ3v) is 12.4. The highest BCUT2D eigenvalue weighted by Crippen LogP contribution is 2.55. The predicted octanol–water partition coefficient (Wildman–Crippen LogP) is 15.9. The highest BCUT2D eigenvalue weighted by Gasteiger charge is 2.32. The molecule has 0 spiro atoms. The zero-order valence-electron chi connectivity index (χ0n) is 34.9. The van der Waals surface area contributed by atoms with Crippen molar-refractivity contribution < 1.29 is 0 Å². The second kappa shape index (κ2) is 15.7. The van der Waals surface area contributed by atoms with Crippen LogP contribution in [0.15, 0.2) is 243 Å². The maximum Gasteiger partial charge on any atom is 0.162 e. The molecule has 3 heterocycles. The summed E-state index contributed by atoms with van der Waals surface area (Å²) in [5.41, 5.74) is 19.5. The van der Waals surface area contributed by atoms with Crippen molar-refractivity contribution in [3.05, 3.63) is 243 Å². The molecule has 0 atom stereocenters. The van der Waals surface area contributed by atoms with E-state index in [4.69, 9.17) is 9.97 Å². The number of para-hydroxylation sites is 5. The lowest BCUT2D eigenvalue weighted by atomic mass is 9.98. The molecule has 0 saturated heterocycles. The lowest BCUT2D eigenvalue weighted by Gasteiger charge is -2.29. The van der Waals surface area contributed by atoms with Gasteiger partial charge in [-0.2, -0.15) is 0 Å². The van der Waals surface area contributed by atoms with Gasteiger partial charge in [0.2, 0.25) is 0 Å². The van der Waals surface area contributed by atoms with Gasteiger partial charge in [0.1, 0.15) is 0 Å². The molecule has 0 saturated carbocycles. The molecule has 64 heavy (non-hydrogen) atoms. The van der Waals surface area contributed by atoms with Crippen LogP contribution < -0.4 is 4.90 Å². The maximum absolute atomic E-state index is 5.44. The summed E-state index contributed by atoms with van der Waals surface area (Å²) in [6.45, 7) is 0. The van der Waals surface area contributed by atoms with Crippen LogP contribution in [0.1, 0.15) is 0 Å². The van der Waals surface area contributed by atoms with Gasteiger partial charge in [-0.3, -0.25) is 0 Å². The van der Waals surface area contributed by atoms with Crippen LogP contribution in [0.3, 0.4) is 0 Å². The van der Waals surface area contributed by atoms with Gasteiger partial charge in [0.05, 0.1) is 39.7 Å². The molecule has 0 unspecified atom stereocenters. The molecule has 0 amide bonds. The molecule has 1 aliphatic heterocycles. The Hall–Kier alpha value is -8.60. The number of hydrogen-bond acceptors (Lipinski definition) is 3. The van der Waals surface area contributed by atoms with Gasteiger partial charge in [-0.1, -0.05) is 194 Å². The quantitative estimate of drug-likeness (QED) is 0.161. The van der Waals surface area contributed by atoms with Crippen molar-refractivity contribution in [1.82, 2.24) is 14.5 Å². The van der Waals surface area contributed by atoms with E-state index >= 15 is 0 Å². The van der Waals surface area contributed by atoms with Crippen molar-refractivity contribution in [1.29, 1.82) is 0 Å². The Morgan fingerprint density at radius 1 is 0.312 bits per heavy atom. The molecule has 4 heteroatoms. The van der Waals surface area contributed by atoms with Gasteiger partial charge in [0.15, 0.2) is 5.82 Å². The van der Waals surface area contributed by atoms with Crippen molar-refractivity contribution in [3.8, 4) is 84.2 Å². The summed E-state index contributed by atoms with van der Waals surface area (Å²) in [5, 5.41) is 1.20. The Kier molecular flexibility index (Phi) is 9.12. The Morgan fingerprint density at radius 2 is 0.719 bits per heavy atom. The summed E-state index contributed by atoms with van der Waals surface area (Å²) in [6.07, 6.45) is 0. The zero-order valence-corrected chi connectivity index (χ0v) is 34.9. The van der Waals surface area contributed by atoms with Gasteiger partial charge in [-0.15, -0.1) is 0 Å². The van der Waals surface area contributed by atoms with Crippen LogP contribution >= 0.6 is 0 Å². The number of fused-ring (bicyclic) bond motifs is 7. The lowest BCUT2D eigenvalue weighted by molar-refractivity contribution is 1.13. The van der Waals surface area contributed by atoms with Crippen LogP contribution in [0.2, 0.25) is 0 Å². The van der Waals surface area contributed by atoms with Gasteiger partial charge in [-0.05, 0) is 70.8 Å². The monoisotopic (exact) mass is 816 g/mol. The molecule has 1 aliphatic rings. The molecule has 2 aromatic heterocycles. The molecule has 0 radical (unpaired) electrons. The SMILES string of the molecule is c1ccc(-c2ccc(-c3cc(-c4ccc(-c5ccccc5)cc4)nc(-c4ccccc4N4c5ccccc5-c5c(n(-c6ccccc6)c6ccccc56)-c5ccccc54)n3)cc2)cc1. The predicted molar refractivity (Wildman–Crippen MR) is 265 cm³/mol. The first kappa shape index (κ1) is 37.2. The number of aromatic nitrogens is 3. The van der Waals surface area contributed by atoms with Gasteiger partial charge < -0.3 is 9.47 Å². The fourth-order valence-corrected chi connectivity index (χ4v) is 9.40. The second-order valence-corrected chi connectivity index (χ2v) is 16.1. The normalized spacial score (nSPS) is 11.7. The number of benzene rings is 9. The average Bonchev–Trinajstić information content (AvgIpc) is 3.66. The topological polar surface area (TPSA) is 34.0 Å². The Balaban J connectivity index is 1.07. The van der Waals surface area contributed by atoms with E-state index in [0.29, 0.717) is 5.82 Å². The fourth-order valence-electron chi connectivity index (χ4n) is 9.40. The van der Waals surface area contributed by atoms with Crippen LogP contribution in [0.5, 0.6) is 0 Å². The molecule has 9 aromatic carbocycles. The van der Waals surface area contributed by atoms with E-state index in [1.54, 1.807) is 0 Å². The minimum absolute atomic E-state index is 0.651. The first-order valence-electron chi connectivity index (χ1n) is 21.7. The Morgan fingerprint density at radius 3 is 1.30 bits per heavy atom. The van der Waals surface area contributed by atoms with E-state index in [2.05, 4.69) is 252 Å². The molecule has 0 bridgehead atoms. The fraction of sp³-hybridized carbons (Fsp3) is 0. The standard InChI is InChI=1S/C60H40N4/c1-4-18-41(19-5-1)43-32-36-45(37-33-43)52-40-53(46-38-34-44(35-39-46)42-20-6-2-7-21-42)62-60(61-52)51-27-13-17-31-57(51)64-55-29-15-11-25-49(55)58-48-24-10-14-28-54(48)63(47-22-8-3-9-23-47)59(58)50-26-12-16-30-56(50)64/h1-40H. The zero-order chi connectivity index (χ0) is 42.4. The maximum atomic E-state index is 5.44. The second-order valence-electron chi connectivity index (χ2n) is 16.1.